The van der Waals surface area contributed by atoms with Crippen LogP contribution >= 0.6 is 0 Å². The van der Waals surface area contributed by atoms with Gasteiger partial charge in [0.1, 0.15) is 5.75 Å². The molecule has 2 aromatic rings. The number of hydrogen-bond acceptors (Lipinski definition) is 3. The third-order valence-corrected chi connectivity index (χ3v) is 4.73. The second kappa shape index (κ2) is 7.01. The van der Waals surface area contributed by atoms with Crippen LogP contribution in [0.2, 0.25) is 0 Å². The number of amides is 1. The fourth-order valence-corrected chi connectivity index (χ4v) is 3.15. The Morgan fingerprint density at radius 3 is 2.65 bits per heavy atom. The number of carbonyl (C=O) groups excluding carboxylic acids is 1. The molecule has 1 heterocycles. The number of hydrogen-bond donors (Lipinski definition) is 0. The van der Waals surface area contributed by atoms with Crippen molar-refractivity contribution in [2.45, 2.75) is 18.9 Å². The molecule has 23 heavy (non-hydrogen) atoms. The van der Waals surface area contributed by atoms with E-state index in [0.717, 1.165) is 42.5 Å². The molecule has 2 aromatic carbocycles. The summed E-state index contributed by atoms with van der Waals surface area (Å²) in [7, 11) is 4.02. The lowest BCUT2D eigenvalue weighted by Crippen LogP contribution is -2.45. The van der Waals surface area contributed by atoms with E-state index in [1.165, 1.54) is 0 Å². The Balaban J connectivity index is 1.62. The summed E-state index contributed by atoms with van der Waals surface area (Å²) in [4.78, 5) is 16.6. The Labute approximate surface area is 137 Å². The minimum atomic E-state index is 0.0486. The van der Waals surface area contributed by atoms with E-state index in [1.807, 2.05) is 42.3 Å². The lowest BCUT2D eigenvalue weighted by Gasteiger charge is -2.35. The van der Waals surface area contributed by atoms with Crippen LogP contribution < -0.4 is 4.74 Å². The topological polar surface area (TPSA) is 32.8 Å². The average molecular weight is 312 g/mol. The molecule has 0 spiro atoms. The fourth-order valence-electron chi connectivity index (χ4n) is 3.15. The maximum Gasteiger partial charge on any atom is 0.260 e. The van der Waals surface area contributed by atoms with Crippen LogP contribution in [-0.4, -0.2) is 55.5 Å². The van der Waals surface area contributed by atoms with E-state index in [1.54, 1.807) is 0 Å². The molecule has 1 amide bonds. The number of likely N-dealkylation sites (N-methyl/N-ethyl adjacent to an activating group) is 1. The van der Waals surface area contributed by atoms with E-state index >= 15 is 0 Å². The summed E-state index contributed by atoms with van der Waals surface area (Å²) in [6.45, 7) is 2.19. The minimum absolute atomic E-state index is 0.0486. The molecular weight excluding hydrogens is 288 g/mol. The van der Waals surface area contributed by atoms with Crippen LogP contribution in [0.4, 0.5) is 0 Å². The Hall–Kier alpha value is -2.07. The monoisotopic (exact) mass is 312 g/mol. The summed E-state index contributed by atoms with van der Waals surface area (Å²) in [5.74, 6) is 0.820. The zero-order valence-electron chi connectivity index (χ0n) is 13.9. The van der Waals surface area contributed by atoms with Crippen LogP contribution in [0, 0.1) is 0 Å². The third-order valence-electron chi connectivity index (χ3n) is 4.73. The number of piperidine rings is 1. The minimum Gasteiger partial charge on any atom is -0.483 e. The van der Waals surface area contributed by atoms with Gasteiger partial charge in [-0.25, -0.2) is 0 Å². The van der Waals surface area contributed by atoms with Gasteiger partial charge in [-0.15, -0.1) is 0 Å². The average Bonchev–Trinajstić information content (AvgIpc) is 2.59. The predicted octanol–water partition coefficient (Wildman–Crippen LogP) is 2.77. The number of nitrogens with zero attached hydrogens (tertiary/aromatic N) is 2. The largest absolute Gasteiger partial charge is 0.483 e. The summed E-state index contributed by atoms with van der Waals surface area (Å²) >= 11 is 0. The lowest BCUT2D eigenvalue weighted by atomic mass is 10.0. The summed E-state index contributed by atoms with van der Waals surface area (Å²) in [5.41, 5.74) is 0. The number of fused-ring (bicyclic) bond motifs is 1. The first-order valence-corrected chi connectivity index (χ1v) is 8.20. The van der Waals surface area contributed by atoms with Crippen molar-refractivity contribution >= 4 is 16.7 Å². The van der Waals surface area contributed by atoms with Gasteiger partial charge in [0.05, 0.1) is 0 Å². The second-order valence-corrected chi connectivity index (χ2v) is 6.31. The van der Waals surface area contributed by atoms with Gasteiger partial charge in [0.25, 0.3) is 5.91 Å². The number of benzene rings is 2. The summed E-state index contributed by atoms with van der Waals surface area (Å²) in [5, 5.41) is 2.17. The maximum absolute atomic E-state index is 12.4. The molecule has 0 radical (unpaired) electrons. The van der Waals surface area contributed by atoms with Gasteiger partial charge in [0, 0.05) is 18.5 Å². The summed E-state index contributed by atoms with van der Waals surface area (Å²) in [6.07, 6.45) is 2.07. The van der Waals surface area contributed by atoms with Gasteiger partial charge >= 0.3 is 0 Å². The van der Waals surface area contributed by atoms with Crippen LogP contribution in [0.3, 0.4) is 0 Å². The first kappa shape index (κ1) is 15.8. The van der Waals surface area contributed by atoms with Crippen LogP contribution in [0.1, 0.15) is 12.8 Å². The van der Waals surface area contributed by atoms with Crippen molar-refractivity contribution in [3.63, 3.8) is 0 Å². The summed E-state index contributed by atoms with van der Waals surface area (Å²) < 4.78 is 5.81. The van der Waals surface area contributed by atoms with E-state index in [4.69, 9.17) is 4.74 Å². The van der Waals surface area contributed by atoms with Gasteiger partial charge in [0.15, 0.2) is 6.61 Å². The highest BCUT2D eigenvalue weighted by molar-refractivity contribution is 5.88. The van der Waals surface area contributed by atoms with E-state index in [9.17, 15) is 4.79 Å². The zero-order chi connectivity index (χ0) is 16.2. The molecule has 1 saturated heterocycles. The van der Waals surface area contributed by atoms with Crippen molar-refractivity contribution in [2.24, 2.45) is 0 Å². The van der Waals surface area contributed by atoms with Crippen LogP contribution in [-0.2, 0) is 4.79 Å². The number of carbonyl (C=O) groups is 1. The number of rotatable bonds is 4. The van der Waals surface area contributed by atoms with E-state index < -0.39 is 0 Å². The zero-order valence-corrected chi connectivity index (χ0v) is 13.9. The van der Waals surface area contributed by atoms with Gasteiger partial charge in [-0.2, -0.15) is 0 Å². The lowest BCUT2D eigenvalue weighted by molar-refractivity contribution is -0.134. The third kappa shape index (κ3) is 3.64. The predicted molar refractivity (Wildman–Crippen MR) is 92.7 cm³/mol. The van der Waals surface area contributed by atoms with E-state index in [2.05, 4.69) is 24.1 Å². The Kier molecular flexibility index (Phi) is 4.82. The Bertz CT molecular complexity index is 673. The molecule has 122 valence electrons. The van der Waals surface area contributed by atoms with Crippen molar-refractivity contribution in [2.75, 3.05) is 33.8 Å². The fraction of sp³-hybridized carbons (Fsp3) is 0.421. The molecule has 1 aliphatic rings. The highest BCUT2D eigenvalue weighted by Crippen LogP contribution is 2.25. The molecule has 3 rings (SSSR count). The number of ether oxygens (including phenoxy) is 1. The number of likely N-dealkylation sites (tertiary alicyclic amines) is 1. The van der Waals surface area contributed by atoms with Crippen molar-refractivity contribution < 1.29 is 9.53 Å². The first-order chi connectivity index (χ1) is 11.1. The Morgan fingerprint density at radius 2 is 1.87 bits per heavy atom. The molecule has 0 unspecified atom stereocenters. The van der Waals surface area contributed by atoms with Gasteiger partial charge < -0.3 is 14.5 Å². The van der Waals surface area contributed by atoms with E-state index in [-0.39, 0.29) is 12.5 Å². The molecule has 0 atom stereocenters. The van der Waals surface area contributed by atoms with Crippen molar-refractivity contribution in [3.05, 3.63) is 42.5 Å². The first-order valence-electron chi connectivity index (χ1n) is 8.20. The van der Waals surface area contributed by atoms with Crippen molar-refractivity contribution in [1.82, 2.24) is 9.80 Å². The molecule has 0 aromatic heterocycles. The van der Waals surface area contributed by atoms with Crippen LogP contribution in [0.5, 0.6) is 5.75 Å². The molecule has 0 bridgehead atoms. The highest BCUT2D eigenvalue weighted by atomic mass is 16.5. The molecule has 1 fully saturated rings. The molecule has 1 aliphatic heterocycles. The molecule has 4 nitrogen and oxygen atoms in total. The van der Waals surface area contributed by atoms with E-state index in [0.29, 0.717) is 6.04 Å². The Morgan fingerprint density at radius 1 is 1.17 bits per heavy atom. The van der Waals surface area contributed by atoms with Crippen LogP contribution in [0.15, 0.2) is 42.5 Å². The smallest absolute Gasteiger partial charge is 0.260 e. The summed E-state index contributed by atoms with van der Waals surface area (Å²) in [6, 6.07) is 14.3. The molecule has 4 heteroatoms. The highest BCUT2D eigenvalue weighted by Gasteiger charge is 2.24. The molecule has 0 N–H and O–H groups in total. The van der Waals surface area contributed by atoms with Gasteiger partial charge in [-0.05, 0) is 44.4 Å². The van der Waals surface area contributed by atoms with Gasteiger partial charge in [0.2, 0.25) is 0 Å². The van der Waals surface area contributed by atoms with Gasteiger partial charge in [-0.3, -0.25) is 4.79 Å². The van der Waals surface area contributed by atoms with Crippen molar-refractivity contribution in [1.29, 1.82) is 0 Å². The SMILES string of the molecule is CN1CCC(N(C)C(=O)COc2cccc3ccccc23)CC1. The van der Waals surface area contributed by atoms with Gasteiger partial charge in [-0.1, -0.05) is 36.4 Å². The standard InChI is InChI=1S/C19H24N2O2/c1-20-12-10-16(11-13-20)21(2)19(22)14-23-18-9-5-7-15-6-3-4-8-17(15)18/h3-9,16H,10-14H2,1-2H3. The second-order valence-electron chi connectivity index (χ2n) is 6.31. The quantitative estimate of drug-likeness (QED) is 0.870. The van der Waals surface area contributed by atoms with Crippen LogP contribution in [0.25, 0.3) is 10.8 Å². The molecular formula is C19H24N2O2. The van der Waals surface area contributed by atoms with Crippen molar-refractivity contribution in [3.8, 4) is 5.75 Å². The molecule has 0 aliphatic carbocycles. The normalized spacial score (nSPS) is 16.4. The maximum atomic E-state index is 12.4. The molecule has 0 saturated carbocycles.